The molecule has 0 spiro atoms. The molecule has 0 fully saturated rings. The Morgan fingerprint density at radius 2 is 1.91 bits per heavy atom. The first kappa shape index (κ1) is 24.1. The van der Waals surface area contributed by atoms with E-state index in [1.54, 1.807) is 48.9 Å². The van der Waals surface area contributed by atoms with Gasteiger partial charge in [0.25, 0.3) is 5.91 Å². The van der Waals surface area contributed by atoms with Gasteiger partial charge in [-0.3, -0.25) is 10.1 Å². The minimum Gasteiger partial charge on any atom is -0.467 e. The Labute approximate surface area is 196 Å². The van der Waals surface area contributed by atoms with Gasteiger partial charge in [-0.25, -0.2) is 9.59 Å². The van der Waals surface area contributed by atoms with Crippen LogP contribution in [0.15, 0.2) is 47.1 Å². The van der Waals surface area contributed by atoms with Crippen LogP contribution in [-0.2, 0) is 20.8 Å². The lowest BCUT2D eigenvalue weighted by Gasteiger charge is -2.12. The molecule has 2 heterocycles. The van der Waals surface area contributed by atoms with Gasteiger partial charge in [0.05, 0.1) is 30.5 Å². The summed E-state index contributed by atoms with van der Waals surface area (Å²) in [6.45, 7) is 5.26. The van der Waals surface area contributed by atoms with Crippen molar-refractivity contribution < 1.29 is 28.3 Å². The van der Waals surface area contributed by atoms with Crippen LogP contribution < -0.4 is 10.6 Å². The Bertz CT molecular complexity index is 1240. The normalized spacial score (nSPS) is 10.3. The second kappa shape index (κ2) is 10.9. The minimum atomic E-state index is -0.749. The van der Waals surface area contributed by atoms with Gasteiger partial charge in [0.2, 0.25) is 0 Å². The van der Waals surface area contributed by atoms with Gasteiger partial charge >= 0.3 is 12.1 Å². The smallest absolute Gasteiger partial charge is 0.411 e. The zero-order valence-electron chi connectivity index (χ0n) is 19.0. The first-order valence-electron chi connectivity index (χ1n) is 10.5. The number of rotatable bonds is 8. The molecular weight excluding hydrogens is 440 g/mol. The van der Waals surface area contributed by atoms with Crippen LogP contribution in [0, 0.1) is 25.2 Å². The largest absolute Gasteiger partial charge is 0.467 e. The number of anilines is 2. The van der Waals surface area contributed by atoms with Crippen molar-refractivity contribution in [3.63, 3.8) is 0 Å². The molecule has 0 unspecified atom stereocenters. The van der Waals surface area contributed by atoms with Crippen LogP contribution in [-0.4, -0.2) is 35.8 Å². The van der Waals surface area contributed by atoms with E-state index in [1.165, 1.54) is 12.1 Å². The van der Waals surface area contributed by atoms with Gasteiger partial charge in [0.1, 0.15) is 17.6 Å². The lowest BCUT2D eigenvalue weighted by atomic mass is 10.2. The van der Waals surface area contributed by atoms with Crippen LogP contribution in [0.4, 0.5) is 16.3 Å². The number of aromatic nitrogens is 1. The van der Waals surface area contributed by atoms with Crippen molar-refractivity contribution in [3.8, 4) is 6.07 Å². The highest BCUT2D eigenvalue weighted by Crippen LogP contribution is 2.27. The SMILES string of the molecule is CCOC(=O)Nc1cccc(C(=O)OCC(=O)Nc2c(C#N)c(C)c(C)n2Cc2ccco2)c1. The van der Waals surface area contributed by atoms with Crippen molar-refractivity contribution in [2.24, 2.45) is 0 Å². The number of carbonyl (C=O) groups excluding carboxylic acids is 3. The predicted octanol–water partition coefficient (Wildman–Crippen LogP) is 3.98. The molecule has 2 N–H and O–H groups in total. The number of benzene rings is 1. The fourth-order valence-corrected chi connectivity index (χ4v) is 3.28. The molecule has 0 aliphatic carbocycles. The summed E-state index contributed by atoms with van der Waals surface area (Å²) in [5.74, 6) is -0.401. The molecule has 1 aromatic carbocycles. The van der Waals surface area contributed by atoms with Crippen LogP contribution >= 0.6 is 0 Å². The van der Waals surface area contributed by atoms with Crippen LogP contribution in [0.2, 0.25) is 0 Å². The number of hydrogen-bond donors (Lipinski definition) is 2. The summed E-state index contributed by atoms with van der Waals surface area (Å²) < 4.78 is 17.1. The Morgan fingerprint density at radius 1 is 1.12 bits per heavy atom. The summed E-state index contributed by atoms with van der Waals surface area (Å²) in [6, 6.07) is 11.7. The van der Waals surface area contributed by atoms with Crippen molar-refractivity contribution in [1.29, 1.82) is 5.26 Å². The number of nitriles is 1. The zero-order valence-corrected chi connectivity index (χ0v) is 19.0. The predicted molar refractivity (Wildman–Crippen MR) is 122 cm³/mol. The van der Waals surface area contributed by atoms with Crippen molar-refractivity contribution in [2.45, 2.75) is 27.3 Å². The van der Waals surface area contributed by atoms with Gasteiger partial charge in [-0.2, -0.15) is 5.26 Å². The lowest BCUT2D eigenvalue weighted by Crippen LogP contribution is -2.23. The minimum absolute atomic E-state index is 0.146. The number of esters is 1. The fraction of sp³-hybridized carbons (Fsp3) is 0.250. The van der Waals surface area contributed by atoms with E-state index in [0.717, 1.165) is 11.3 Å². The summed E-state index contributed by atoms with van der Waals surface area (Å²) in [5, 5.41) is 14.8. The van der Waals surface area contributed by atoms with Crippen LogP contribution in [0.1, 0.15) is 39.9 Å². The molecule has 0 bridgehead atoms. The second-order valence-corrected chi connectivity index (χ2v) is 7.26. The average molecular weight is 464 g/mol. The molecule has 3 aromatic rings. The fourth-order valence-electron chi connectivity index (χ4n) is 3.28. The van der Waals surface area contributed by atoms with Crippen molar-refractivity contribution in [2.75, 3.05) is 23.8 Å². The molecule has 2 amide bonds. The third kappa shape index (κ3) is 5.63. The van der Waals surface area contributed by atoms with Crippen molar-refractivity contribution >= 4 is 29.5 Å². The second-order valence-electron chi connectivity index (χ2n) is 7.26. The average Bonchev–Trinajstić information content (AvgIpc) is 3.40. The van der Waals surface area contributed by atoms with Gasteiger partial charge in [-0.15, -0.1) is 0 Å². The summed E-state index contributed by atoms with van der Waals surface area (Å²) in [4.78, 5) is 36.5. The highest BCUT2D eigenvalue weighted by molar-refractivity contribution is 5.97. The van der Waals surface area contributed by atoms with E-state index in [4.69, 9.17) is 13.9 Å². The number of nitrogens with zero attached hydrogens (tertiary/aromatic N) is 2. The van der Waals surface area contributed by atoms with E-state index in [0.29, 0.717) is 29.4 Å². The summed E-state index contributed by atoms with van der Waals surface area (Å²) >= 11 is 0. The monoisotopic (exact) mass is 464 g/mol. The van der Waals surface area contributed by atoms with Gasteiger partial charge < -0.3 is 23.8 Å². The lowest BCUT2D eigenvalue weighted by molar-refractivity contribution is -0.119. The highest BCUT2D eigenvalue weighted by Gasteiger charge is 2.21. The number of hydrogen-bond acceptors (Lipinski definition) is 7. The molecule has 176 valence electrons. The Hall–Kier alpha value is -4.52. The molecule has 10 nitrogen and oxygen atoms in total. The standard InChI is InChI=1S/C24H24N4O6/c1-4-32-24(31)26-18-8-5-7-17(11-18)23(30)34-14-21(29)27-22-20(12-25)15(2)16(3)28(22)13-19-9-6-10-33-19/h5-11H,4,13-14H2,1-3H3,(H,26,31)(H,27,29). The van der Waals surface area contributed by atoms with E-state index >= 15 is 0 Å². The molecule has 0 saturated heterocycles. The number of nitrogens with one attached hydrogen (secondary N) is 2. The molecule has 0 aliphatic rings. The van der Waals surface area contributed by atoms with Crippen LogP contribution in [0.3, 0.4) is 0 Å². The van der Waals surface area contributed by atoms with E-state index in [1.807, 2.05) is 6.92 Å². The first-order chi connectivity index (χ1) is 16.3. The van der Waals surface area contributed by atoms with Gasteiger partial charge in [0.15, 0.2) is 6.61 Å². The molecule has 2 aromatic heterocycles. The van der Waals surface area contributed by atoms with Gasteiger partial charge in [0, 0.05) is 11.4 Å². The van der Waals surface area contributed by atoms with Crippen molar-refractivity contribution in [3.05, 3.63) is 70.8 Å². The Balaban J connectivity index is 1.67. The maximum absolute atomic E-state index is 12.6. The maximum Gasteiger partial charge on any atom is 0.411 e. The van der Waals surface area contributed by atoms with Crippen LogP contribution in [0.5, 0.6) is 0 Å². The van der Waals surface area contributed by atoms with Crippen molar-refractivity contribution in [1.82, 2.24) is 4.57 Å². The molecular formula is C24H24N4O6. The molecule has 0 atom stereocenters. The third-order valence-corrected chi connectivity index (χ3v) is 5.05. The Morgan fingerprint density at radius 3 is 2.59 bits per heavy atom. The van der Waals surface area contributed by atoms with Crippen LogP contribution in [0.25, 0.3) is 0 Å². The highest BCUT2D eigenvalue weighted by atomic mass is 16.5. The summed E-state index contributed by atoms with van der Waals surface area (Å²) in [6.07, 6.45) is 0.894. The number of furan rings is 1. The topological polar surface area (TPSA) is 136 Å². The molecule has 0 aliphatic heterocycles. The van der Waals surface area contributed by atoms with Gasteiger partial charge in [-0.1, -0.05) is 6.07 Å². The van der Waals surface area contributed by atoms with E-state index < -0.39 is 24.6 Å². The Kier molecular flexibility index (Phi) is 7.71. The molecule has 0 radical (unpaired) electrons. The van der Waals surface area contributed by atoms with E-state index in [2.05, 4.69) is 16.7 Å². The van der Waals surface area contributed by atoms with E-state index in [9.17, 15) is 19.6 Å². The molecule has 10 heteroatoms. The molecule has 34 heavy (non-hydrogen) atoms. The van der Waals surface area contributed by atoms with Gasteiger partial charge in [-0.05, 0) is 56.7 Å². The summed E-state index contributed by atoms with van der Waals surface area (Å²) in [7, 11) is 0. The third-order valence-electron chi connectivity index (χ3n) is 5.05. The molecule has 0 saturated carbocycles. The summed E-state index contributed by atoms with van der Waals surface area (Å²) in [5.41, 5.74) is 2.34. The maximum atomic E-state index is 12.6. The molecule has 3 rings (SSSR count). The quantitative estimate of drug-likeness (QED) is 0.481. The zero-order chi connectivity index (χ0) is 24.7. The number of amides is 2. The first-order valence-corrected chi connectivity index (χ1v) is 10.5. The number of carbonyl (C=O) groups is 3. The van der Waals surface area contributed by atoms with E-state index in [-0.39, 0.29) is 12.2 Å². The number of ether oxygens (including phenoxy) is 2.